The Labute approximate surface area is 144 Å². The highest BCUT2D eigenvalue weighted by Gasteiger charge is 2.13. The minimum Gasteiger partial charge on any atom is -0.344 e. The topological polar surface area (TPSA) is 38.3 Å². The molecule has 126 valence electrons. The molecule has 0 bridgehead atoms. The van der Waals surface area contributed by atoms with Gasteiger partial charge in [0, 0.05) is 12.5 Å². The van der Waals surface area contributed by atoms with Gasteiger partial charge in [0.25, 0.3) is 0 Å². The van der Waals surface area contributed by atoms with Crippen LogP contribution in [0.2, 0.25) is 0 Å². The summed E-state index contributed by atoms with van der Waals surface area (Å²) in [4.78, 5) is 16.3. The molecule has 0 spiro atoms. The second-order valence-electron chi connectivity index (χ2n) is 5.80. The molecule has 0 heterocycles. The fourth-order valence-corrected chi connectivity index (χ4v) is 2.54. The summed E-state index contributed by atoms with van der Waals surface area (Å²) in [5.74, 6) is -0.360. The molecule has 0 aliphatic carbocycles. The van der Waals surface area contributed by atoms with E-state index < -0.39 is 0 Å². The van der Waals surface area contributed by atoms with Gasteiger partial charge in [-0.25, -0.2) is 5.48 Å². The fraction of sp³-hybridized carbons (Fsp3) is 0.286. The second kappa shape index (κ2) is 8.34. The van der Waals surface area contributed by atoms with Crippen molar-refractivity contribution in [2.75, 3.05) is 0 Å². The first-order valence-electron chi connectivity index (χ1n) is 8.38. The van der Waals surface area contributed by atoms with Crippen molar-refractivity contribution in [1.82, 2.24) is 5.48 Å². The van der Waals surface area contributed by atoms with E-state index in [0.29, 0.717) is 0 Å². The SMILES string of the molecule is CCC(C)=C(NOC(C)=O)c1ccccc1-c1ccc(CC)cc1. The number of carbonyl (C=O) groups is 1. The van der Waals surface area contributed by atoms with Crippen molar-refractivity contribution in [2.45, 2.75) is 40.5 Å². The zero-order valence-electron chi connectivity index (χ0n) is 14.8. The predicted molar refractivity (Wildman–Crippen MR) is 99.0 cm³/mol. The van der Waals surface area contributed by atoms with E-state index in [1.165, 1.54) is 12.5 Å². The summed E-state index contributed by atoms with van der Waals surface area (Å²) >= 11 is 0. The van der Waals surface area contributed by atoms with Gasteiger partial charge in [-0.2, -0.15) is 0 Å². The summed E-state index contributed by atoms with van der Waals surface area (Å²) in [6.45, 7) is 7.67. The lowest BCUT2D eigenvalue weighted by Crippen LogP contribution is -2.18. The number of aryl methyl sites for hydroxylation is 1. The highest BCUT2D eigenvalue weighted by Crippen LogP contribution is 2.30. The molecule has 0 atom stereocenters. The number of hydroxylamine groups is 1. The second-order valence-corrected chi connectivity index (χ2v) is 5.80. The Balaban J connectivity index is 2.50. The van der Waals surface area contributed by atoms with Crippen LogP contribution >= 0.6 is 0 Å². The Morgan fingerprint density at radius 2 is 1.67 bits per heavy atom. The third-order valence-electron chi connectivity index (χ3n) is 4.12. The molecule has 0 aliphatic rings. The molecule has 0 saturated heterocycles. The molecule has 0 amide bonds. The van der Waals surface area contributed by atoms with Crippen molar-refractivity contribution in [2.24, 2.45) is 0 Å². The van der Waals surface area contributed by atoms with Gasteiger partial charge in [-0.1, -0.05) is 62.4 Å². The summed E-state index contributed by atoms with van der Waals surface area (Å²) in [7, 11) is 0. The van der Waals surface area contributed by atoms with Crippen molar-refractivity contribution < 1.29 is 9.63 Å². The van der Waals surface area contributed by atoms with Gasteiger partial charge in [0.05, 0.1) is 5.70 Å². The van der Waals surface area contributed by atoms with Crippen molar-refractivity contribution in [3.05, 3.63) is 65.2 Å². The van der Waals surface area contributed by atoms with Crippen LogP contribution in [0.15, 0.2) is 54.1 Å². The molecule has 2 aromatic carbocycles. The van der Waals surface area contributed by atoms with Crippen molar-refractivity contribution in [3.8, 4) is 11.1 Å². The average Bonchev–Trinajstić information content (AvgIpc) is 2.62. The molecule has 2 rings (SSSR count). The number of hydrogen-bond acceptors (Lipinski definition) is 3. The Kier molecular flexibility index (Phi) is 6.19. The average molecular weight is 323 g/mol. The van der Waals surface area contributed by atoms with Crippen LogP contribution in [0.4, 0.5) is 0 Å². The maximum Gasteiger partial charge on any atom is 0.329 e. The first-order chi connectivity index (χ1) is 11.6. The van der Waals surface area contributed by atoms with Gasteiger partial charge in [-0.15, -0.1) is 0 Å². The van der Waals surface area contributed by atoms with Gasteiger partial charge >= 0.3 is 5.97 Å². The smallest absolute Gasteiger partial charge is 0.329 e. The van der Waals surface area contributed by atoms with E-state index in [9.17, 15) is 4.79 Å². The molecule has 3 heteroatoms. The van der Waals surface area contributed by atoms with E-state index in [2.05, 4.69) is 49.7 Å². The van der Waals surface area contributed by atoms with Gasteiger partial charge in [0.1, 0.15) is 0 Å². The van der Waals surface area contributed by atoms with Crippen molar-refractivity contribution in [1.29, 1.82) is 0 Å². The minimum atomic E-state index is -0.360. The lowest BCUT2D eigenvalue weighted by Gasteiger charge is -2.17. The van der Waals surface area contributed by atoms with E-state index >= 15 is 0 Å². The van der Waals surface area contributed by atoms with E-state index in [-0.39, 0.29) is 5.97 Å². The molecule has 0 unspecified atom stereocenters. The monoisotopic (exact) mass is 323 g/mol. The molecule has 0 fully saturated rings. The van der Waals surface area contributed by atoms with Crippen LogP contribution in [-0.4, -0.2) is 5.97 Å². The standard InChI is InChI=1S/C21H25NO2/c1-5-15(3)21(22-24-16(4)23)20-10-8-7-9-19(20)18-13-11-17(6-2)12-14-18/h7-14,22H,5-6H2,1-4H3. The lowest BCUT2D eigenvalue weighted by molar-refractivity contribution is -0.145. The van der Waals surface area contributed by atoms with Gasteiger partial charge in [-0.05, 0) is 42.0 Å². The Morgan fingerprint density at radius 1 is 1.00 bits per heavy atom. The third-order valence-corrected chi connectivity index (χ3v) is 4.12. The van der Waals surface area contributed by atoms with Crippen LogP contribution in [0.25, 0.3) is 16.8 Å². The van der Waals surface area contributed by atoms with Crippen molar-refractivity contribution >= 4 is 11.7 Å². The number of nitrogens with one attached hydrogen (secondary N) is 1. The summed E-state index contributed by atoms with van der Waals surface area (Å²) in [6.07, 6.45) is 1.89. The molecular weight excluding hydrogens is 298 g/mol. The molecule has 24 heavy (non-hydrogen) atoms. The van der Waals surface area contributed by atoms with E-state index in [1.807, 2.05) is 25.1 Å². The van der Waals surface area contributed by atoms with Crippen molar-refractivity contribution in [3.63, 3.8) is 0 Å². The van der Waals surface area contributed by atoms with Gasteiger partial charge in [-0.3, -0.25) is 4.79 Å². The number of allylic oxidation sites excluding steroid dienone is 1. The van der Waals surface area contributed by atoms with Crippen LogP contribution in [0.3, 0.4) is 0 Å². The van der Waals surface area contributed by atoms with Crippen LogP contribution in [0.1, 0.15) is 45.2 Å². The maximum atomic E-state index is 11.2. The van der Waals surface area contributed by atoms with Crippen LogP contribution in [-0.2, 0) is 16.1 Å². The van der Waals surface area contributed by atoms with E-state index in [0.717, 1.165) is 40.8 Å². The number of rotatable bonds is 6. The normalized spacial score (nSPS) is 11.7. The zero-order chi connectivity index (χ0) is 17.5. The summed E-state index contributed by atoms with van der Waals surface area (Å²) in [5.41, 5.74) is 9.44. The van der Waals surface area contributed by atoms with Gasteiger partial charge in [0.2, 0.25) is 0 Å². The Bertz CT molecular complexity index is 730. The number of carbonyl (C=O) groups excluding carboxylic acids is 1. The van der Waals surface area contributed by atoms with Crippen LogP contribution in [0, 0.1) is 0 Å². The molecule has 0 saturated carbocycles. The largest absolute Gasteiger partial charge is 0.344 e. The maximum absolute atomic E-state index is 11.2. The third kappa shape index (κ3) is 4.25. The molecule has 0 radical (unpaired) electrons. The quantitative estimate of drug-likeness (QED) is 0.749. The molecular formula is C21H25NO2. The summed E-state index contributed by atoms with van der Waals surface area (Å²) in [6, 6.07) is 16.8. The zero-order valence-corrected chi connectivity index (χ0v) is 14.8. The Hall–Kier alpha value is -2.55. The van der Waals surface area contributed by atoms with E-state index in [4.69, 9.17) is 4.84 Å². The molecule has 0 aromatic heterocycles. The van der Waals surface area contributed by atoms with Gasteiger partial charge in [0.15, 0.2) is 0 Å². The highest BCUT2D eigenvalue weighted by molar-refractivity contribution is 5.82. The van der Waals surface area contributed by atoms with Crippen LogP contribution < -0.4 is 5.48 Å². The number of hydrogen-bond donors (Lipinski definition) is 1. The highest BCUT2D eigenvalue weighted by atomic mass is 16.7. The van der Waals surface area contributed by atoms with Gasteiger partial charge < -0.3 is 4.84 Å². The van der Waals surface area contributed by atoms with E-state index in [1.54, 1.807) is 0 Å². The summed E-state index contributed by atoms with van der Waals surface area (Å²) in [5, 5.41) is 0. The first-order valence-corrected chi connectivity index (χ1v) is 8.38. The lowest BCUT2D eigenvalue weighted by atomic mass is 9.94. The number of benzene rings is 2. The molecule has 3 nitrogen and oxygen atoms in total. The minimum absolute atomic E-state index is 0.360. The molecule has 1 N–H and O–H groups in total. The summed E-state index contributed by atoms with van der Waals surface area (Å²) < 4.78 is 0. The Morgan fingerprint density at radius 3 is 2.25 bits per heavy atom. The van der Waals surface area contributed by atoms with Crippen LogP contribution in [0.5, 0.6) is 0 Å². The fourth-order valence-electron chi connectivity index (χ4n) is 2.54. The predicted octanol–water partition coefficient (Wildman–Crippen LogP) is 5.12. The molecule has 0 aliphatic heterocycles. The first kappa shape index (κ1) is 17.8. The molecule has 2 aromatic rings.